The van der Waals surface area contributed by atoms with E-state index in [4.69, 9.17) is 5.11 Å². The molecule has 0 amide bonds. The van der Waals surface area contributed by atoms with Crippen LogP contribution >= 0.6 is 15.9 Å². The van der Waals surface area contributed by atoms with E-state index in [2.05, 4.69) is 39.9 Å². The minimum Gasteiger partial charge on any atom is -0.481 e. The first-order valence-corrected chi connectivity index (χ1v) is 7.62. The number of carboxylic acids is 1. The van der Waals surface area contributed by atoms with E-state index in [0.717, 1.165) is 10.2 Å². The zero-order valence-electron chi connectivity index (χ0n) is 11.9. The van der Waals surface area contributed by atoms with Crippen LogP contribution in [0.2, 0.25) is 0 Å². The summed E-state index contributed by atoms with van der Waals surface area (Å²) in [6.07, 6.45) is 0.129. The third-order valence-electron chi connectivity index (χ3n) is 3.31. The summed E-state index contributed by atoms with van der Waals surface area (Å²) in [5, 5.41) is 8.92. The van der Waals surface area contributed by atoms with Crippen molar-refractivity contribution in [2.75, 3.05) is 11.4 Å². The highest BCUT2D eigenvalue weighted by atomic mass is 79.9. The molecule has 0 saturated carbocycles. The Kier molecular flexibility index (Phi) is 5.39. The van der Waals surface area contributed by atoms with Crippen LogP contribution in [0.15, 0.2) is 53.0 Å². The largest absolute Gasteiger partial charge is 0.481 e. The Bertz CT molecular complexity index is 613. The molecule has 2 rings (SSSR count). The molecule has 4 heteroatoms. The average molecular weight is 348 g/mol. The maximum atomic E-state index is 10.9. The number of hydrogen-bond acceptors (Lipinski definition) is 2. The van der Waals surface area contributed by atoms with Crippen molar-refractivity contribution in [1.82, 2.24) is 0 Å². The van der Waals surface area contributed by atoms with Gasteiger partial charge in [-0.15, -0.1) is 0 Å². The van der Waals surface area contributed by atoms with Crippen molar-refractivity contribution >= 4 is 27.6 Å². The number of aryl methyl sites for hydroxylation is 1. The number of benzene rings is 2. The number of hydrogen-bond donors (Lipinski definition) is 1. The minimum absolute atomic E-state index is 0.129. The molecule has 2 aromatic carbocycles. The number of aliphatic carboxylic acids is 1. The van der Waals surface area contributed by atoms with Gasteiger partial charge in [0.05, 0.1) is 6.42 Å². The fourth-order valence-electron chi connectivity index (χ4n) is 2.19. The fraction of sp³-hybridized carbons (Fsp3) is 0.235. The molecule has 1 N–H and O–H groups in total. The predicted octanol–water partition coefficient (Wildman–Crippen LogP) is 4.24. The summed E-state index contributed by atoms with van der Waals surface area (Å²) in [6, 6.07) is 16.1. The highest BCUT2D eigenvalue weighted by Crippen LogP contribution is 2.21. The monoisotopic (exact) mass is 347 g/mol. The zero-order valence-corrected chi connectivity index (χ0v) is 13.5. The second-order valence-electron chi connectivity index (χ2n) is 4.98. The predicted molar refractivity (Wildman–Crippen MR) is 88.6 cm³/mol. The number of anilines is 1. The molecule has 0 saturated heterocycles. The topological polar surface area (TPSA) is 40.5 Å². The van der Waals surface area contributed by atoms with E-state index in [1.165, 1.54) is 11.1 Å². The molecule has 0 aliphatic carbocycles. The van der Waals surface area contributed by atoms with Gasteiger partial charge in [-0.1, -0.05) is 46.3 Å². The third kappa shape index (κ3) is 4.60. The molecule has 0 fully saturated rings. The van der Waals surface area contributed by atoms with Crippen molar-refractivity contribution in [3.63, 3.8) is 0 Å². The summed E-state index contributed by atoms with van der Waals surface area (Å²) in [6.45, 7) is 3.25. The average Bonchev–Trinajstić information content (AvgIpc) is 2.48. The van der Waals surface area contributed by atoms with Crippen LogP contribution in [-0.2, 0) is 11.3 Å². The van der Waals surface area contributed by atoms with E-state index >= 15 is 0 Å². The number of para-hydroxylation sites is 1. The molecule has 0 unspecified atom stereocenters. The zero-order chi connectivity index (χ0) is 15.2. The quantitative estimate of drug-likeness (QED) is 0.849. The van der Waals surface area contributed by atoms with Gasteiger partial charge in [-0.3, -0.25) is 4.79 Å². The molecule has 0 radical (unpaired) electrons. The van der Waals surface area contributed by atoms with Crippen molar-refractivity contribution in [1.29, 1.82) is 0 Å². The van der Waals surface area contributed by atoms with E-state index in [1.54, 1.807) is 0 Å². The Morgan fingerprint density at radius 3 is 2.52 bits per heavy atom. The van der Waals surface area contributed by atoms with Crippen molar-refractivity contribution < 1.29 is 9.90 Å². The van der Waals surface area contributed by atoms with Gasteiger partial charge in [0.25, 0.3) is 0 Å². The number of halogens is 1. The van der Waals surface area contributed by atoms with Gasteiger partial charge in [0, 0.05) is 23.2 Å². The molecular weight excluding hydrogens is 330 g/mol. The second kappa shape index (κ2) is 7.27. The Hall–Kier alpha value is -1.81. The standard InChI is InChI=1S/C17H18BrNO2/c1-13-11-14(7-8-16(13)18)12-19(10-9-17(20)21)15-5-3-2-4-6-15/h2-8,11H,9-10,12H2,1H3,(H,20,21). The number of carbonyl (C=O) groups is 1. The van der Waals surface area contributed by atoms with Gasteiger partial charge < -0.3 is 10.0 Å². The number of carboxylic acid groups (broad SMARTS) is 1. The van der Waals surface area contributed by atoms with E-state index < -0.39 is 5.97 Å². The van der Waals surface area contributed by atoms with Crippen LogP contribution in [0.1, 0.15) is 17.5 Å². The first kappa shape index (κ1) is 15.6. The number of rotatable bonds is 6. The summed E-state index contributed by atoms with van der Waals surface area (Å²) in [5.41, 5.74) is 3.39. The minimum atomic E-state index is -0.775. The summed E-state index contributed by atoms with van der Waals surface area (Å²) in [4.78, 5) is 12.9. The van der Waals surface area contributed by atoms with E-state index in [-0.39, 0.29) is 6.42 Å². The lowest BCUT2D eigenvalue weighted by Gasteiger charge is -2.24. The lowest BCUT2D eigenvalue weighted by molar-refractivity contribution is -0.136. The van der Waals surface area contributed by atoms with Crippen LogP contribution in [0.4, 0.5) is 5.69 Å². The van der Waals surface area contributed by atoms with Gasteiger partial charge >= 0.3 is 5.97 Å². The summed E-state index contributed by atoms with van der Waals surface area (Å²) in [5.74, 6) is -0.775. The van der Waals surface area contributed by atoms with Gasteiger partial charge in [0.15, 0.2) is 0 Å². The molecule has 0 spiro atoms. The van der Waals surface area contributed by atoms with Gasteiger partial charge in [0.2, 0.25) is 0 Å². The molecule has 0 bridgehead atoms. The molecule has 0 heterocycles. The van der Waals surface area contributed by atoms with Gasteiger partial charge in [-0.25, -0.2) is 0 Å². The SMILES string of the molecule is Cc1cc(CN(CCC(=O)O)c2ccccc2)ccc1Br. The Morgan fingerprint density at radius 1 is 1.19 bits per heavy atom. The van der Waals surface area contributed by atoms with E-state index in [1.807, 2.05) is 36.4 Å². The van der Waals surface area contributed by atoms with Crippen molar-refractivity contribution in [3.8, 4) is 0 Å². The molecule has 0 aliphatic heterocycles. The normalized spacial score (nSPS) is 10.4. The Balaban J connectivity index is 2.18. The molecular formula is C17H18BrNO2. The first-order chi connectivity index (χ1) is 10.1. The van der Waals surface area contributed by atoms with Crippen LogP contribution in [0.5, 0.6) is 0 Å². The van der Waals surface area contributed by atoms with E-state index in [0.29, 0.717) is 13.1 Å². The highest BCUT2D eigenvalue weighted by molar-refractivity contribution is 9.10. The summed E-state index contributed by atoms with van der Waals surface area (Å²) >= 11 is 3.50. The first-order valence-electron chi connectivity index (χ1n) is 6.83. The Labute approximate surface area is 133 Å². The van der Waals surface area contributed by atoms with Gasteiger partial charge in [-0.2, -0.15) is 0 Å². The fourth-order valence-corrected chi connectivity index (χ4v) is 2.44. The highest BCUT2D eigenvalue weighted by Gasteiger charge is 2.10. The van der Waals surface area contributed by atoms with Crippen molar-refractivity contribution in [3.05, 3.63) is 64.1 Å². The van der Waals surface area contributed by atoms with Crippen LogP contribution in [0.3, 0.4) is 0 Å². The molecule has 110 valence electrons. The van der Waals surface area contributed by atoms with Crippen LogP contribution < -0.4 is 4.90 Å². The van der Waals surface area contributed by atoms with Gasteiger partial charge in [0.1, 0.15) is 0 Å². The van der Waals surface area contributed by atoms with Crippen LogP contribution in [0.25, 0.3) is 0 Å². The molecule has 0 aliphatic rings. The van der Waals surface area contributed by atoms with Crippen LogP contribution in [-0.4, -0.2) is 17.6 Å². The molecule has 0 atom stereocenters. The molecule has 2 aromatic rings. The van der Waals surface area contributed by atoms with Crippen molar-refractivity contribution in [2.45, 2.75) is 19.9 Å². The van der Waals surface area contributed by atoms with Gasteiger partial charge in [-0.05, 0) is 36.2 Å². The lowest BCUT2D eigenvalue weighted by Crippen LogP contribution is -2.25. The Morgan fingerprint density at radius 2 is 1.90 bits per heavy atom. The molecule has 0 aromatic heterocycles. The molecule has 21 heavy (non-hydrogen) atoms. The maximum absolute atomic E-state index is 10.9. The van der Waals surface area contributed by atoms with Crippen molar-refractivity contribution in [2.24, 2.45) is 0 Å². The lowest BCUT2D eigenvalue weighted by atomic mass is 10.1. The smallest absolute Gasteiger partial charge is 0.305 e. The summed E-state index contributed by atoms with van der Waals surface area (Å²) < 4.78 is 1.09. The van der Waals surface area contributed by atoms with Crippen LogP contribution in [0, 0.1) is 6.92 Å². The maximum Gasteiger partial charge on any atom is 0.305 e. The second-order valence-corrected chi connectivity index (χ2v) is 5.84. The van der Waals surface area contributed by atoms with E-state index in [9.17, 15) is 4.79 Å². The molecule has 3 nitrogen and oxygen atoms in total. The third-order valence-corrected chi connectivity index (χ3v) is 4.20. The summed E-state index contributed by atoms with van der Waals surface area (Å²) in [7, 11) is 0. The number of nitrogens with zero attached hydrogens (tertiary/aromatic N) is 1.